The number of rotatable bonds is 10. The molecule has 0 aliphatic carbocycles. The zero-order chi connectivity index (χ0) is 31.1. The molecule has 5 rings (SSSR count). The Bertz CT molecular complexity index is 1690. The second kappa shape index (κ2) is 13.2. The van der Waals surface area contributed by atoms with Crippen LogP contribution in [-0.2, 0) is 19.1 Å². The highest BCUT2D eigenvalue weighted by atomic mass is 16.5. The number of pyridine rings is 1. The van der Waals surface area contributed by atoms with Crippen LogP contribution >= 0.6 is 0 Å². The number of anilines is 2. The summed E-state index contributed by atoms with van der Waals surface area (Å²) in [6.07, 6.45) is 0. The lowest BCUT2D eigenvalue weighted by molar-refractivity contribution is -0.119. The van der Waals surface area contributed by atoms with Crippen molar-refractivity contribution in [1.82, 2.24) is 24.5 Å². The van der Waals surface area contributed by atoms with Crippen molar-refractivity contribution in [2.75, 3.05) is 23.8 Å². The molecule has 0 fully saturated rings. The van der Waals surface area contributed by atoms with Crippen molar-refractivity contribution >= 4 is 35.4 Å². The predicted molar refractivity (Wildman–Crippen MR) is 159 cm³/mol. The molecule has 0 aliphatic heterocycles. The number of nitrogens with one attached hydrogen (secondary N) is 2. The second-order valence-corrected chi connectivity index (χ2v) is 9.49. The van der Waals surface area contributed by atoms with Crippen LogP contribution in [0.15, 0.2) is 91.0 Å². The Morgan fingerprint density at radius 2 is 1.02 bits per heavy atom. The molecule has 0 atom stereocenters. The van der Waals surface area contributed by atoms with E-state index in [-0.39, 0.29) is 11.4 Å². The Hall–Kier alpha value is -6.11. The maximum atomic E-state index is 12.6. The molecule has 5 aromatic rings. The highest BCUT2D eigenvalue weighted by Gasteiger charge is 2.19. The summed E-state index contributed by atoms with van der Waals surface area (Å²) in [6.45, 7) is 2.36. The van der Waals surface area contributed by atoms with E-state index in [9.17, 15) is 19.2 Å². The molecule has 2 amide bonds. The van der Waals surface area contributed by atoms with Crippen LogP contribution in [0.2, 0.25) is 0 Å². The SMILES string of the molecule is Cc1cc(NC(=O)COC(=O)c2cccc(C(=O)OCC(=O)Nc3cc(C)nn3-c3ccccc3)n2)n(-c2ccccc2)n1. The van der Waals surface area contributed by atoms with Crippen LogP contribution < -0.4 is 10.6 Å². The largest absolute Gasteiger partial charge is 0.451 e. The molecule has 13 nitrogen and oxygen atoms in total. The van der Waals surface area contributed by atoms with Crippen molar-refractivity contribution in [1.29, 1.82) is 0 Å². The first-order valence-corrected chi connectivity index (χ1v) is 13.4. The van der Waals surface area contributed by atoms with E-state index in [4.69, 9.17) is 9.47 Å². The summed E-state index contributed by atoms with van der Waals surface area (Å²) in [7, 11) is 0. The summed E-state index contributed by atoms with van der Waals surface area (Å²) in [5.41, 5.74) is 2.41. The van der Waals surface area contributed by atoms with Gasteiger partial charge in [0.1, 0.15) is 23.0 Å². The number of benzene rings is 2. The lowest BCUT2D eigenvalue weighted by atomic mass is 10.3. The Labute approximate surface area is 251 Å². The van der Waals surface area contributed by atoms with E-state index in [1.54, 1.807) is 35.3 Å². The molecular formula is C31H27N7O6. The molecule has 0 radical (unpaired) electrons. The monoisotopic (exact) mass is 593 g/mol. The molecule has 2 aromatic carbocycles. The molecule has 0 saturated carbocycles. The summed E-state index contributed by atoms with van der Waals surface area (Å²) in [6, 6.07) is 25.9. The first-order valence-electron chi connectivity index (χ1n) is 13.4. The molecule has 44 heavy (non-hydrogen) atoms. The van der Waals surface area contributed by atoms with Crippen LogP contribution in [0, 0.1) is 13.8 Å². The van der Waals surface area contributed by atoms with Crippen LogP contribution in [0.25, 0.3) is 11.4 Å². The minimum Gasteiger partial charge on any atom is -0.451 e. The molecule has 13 heteroatoms. The predicted octanol–water partition coefficient (Wildman–Crippen LogP) is 3.66. The molecule has 2 N–H and O–H groups in total. The normalized spacial score (nSPS) is 10.6. The van der Waals surface area contributed by atoms with Gasteiger partial charge in [-0.05, 0) is 50.2 Å². The zero-order valence-electron chi connectivity index (χ0n) is 23.8. The van der Waals surface area contributed by atoms with Gasteiger partial charge in [0.2, 0.25) is 0 Å². The summed E-state index contributed by atoms with van der Waals surface area (Å²) in [4.78, 5) is 54.2. The van der Waals surface area contributed by atoms with Gasteiger partial charge in [-0.2, -0.15) is 10.2 Å². The highest BCUT2D eigenvalue weighted by molar-refractivity contribution is 5.96. The van der Waals surface area contributed by atoms with E-state index in [0.29, 0.717) is 23.0 Å². The third-order valence-corrected chi connectivity index (χ3v) is 6.04. The fraction of sp³-hybridized carbons (Fsp3) is 0.129. The van der Waals surface area contributed by atoms with Gasteiger partial charge < -0.3 is 20.1 Å². The van der Waals surface area contributed by atoms with Gasteiger partial charge in [0.05, 0.1) is 22.8 Å². The van der Waals surface area contributed by atoms with Crippen molar-refractivity contribution in [3.8, 4) is 11.4 Å². The van der Waals surface area contributed by atoms with Crippen LogP contribution in [0.3, 0.4) is 0 Å². The Morgan fingerprint density at radius 1 is 0.614 bits per heavy atom. The molecule has 0 aliphatic rings. The smallest absolute Gasteiger partial charge is 0.357 e. The van der Waals surface area contributed by atoms with E-state index in [1.165, 1.54) is 18.2 Å². The standard InChI is InChI=1S/C31H27N7O6/c1-20-16-26(37(35-20)22-10-5-3-6-11-22)33-28(39)18-43-30(41)24-14-9-15-25(32-24)31(42)44-19-29(40)34-27-17-21(2)36-38(27)23-12-7-4-8-13-23/h3-17H,18-19H2,1-2H3,(H,33,39)(H,34,40). The molecule has 3 aromatic heterocycles. The highest BCUT2D eigenvalue weighted by Crippen LogP contribution is 2.18. The van der Waals surface area contributed by atoms with E-state index < -0.39 is 37.0 Å². The number of para-hydroxylation sites is 2. The number of ether oxygens (including phenoxy) is 2. The Kier molecular flexibility index (Phi) is 8.85. The quantitative estimate of drug-likeness (QED) is 0.230. The zero-order valence-corrected chi connectivity index (χ0v) is 23.8. The van der Waals surface area contributed by atoms with Gasteiger partial charge in [0.25, 0.3) is 11.8 Å². The third-order valence-electron chi connectivity index (χ3n) is 6.04. The Balaban J connectivity index is 1.14. The van der Waals surface area contributed by atoms with Gasteiger partial charge in [-0.1, -0.05) is 42.5 Å². The summed E-state index contributed by atoms with van der Waals surface area (Å²) in [5, 5.41) is 14.1. The van der Waals surface area contributed by atoms with Crippen molar-refractivity contribution in [2.24, 2.45) is 0 Å². The number of aromatic nitrogens is 5. The molecule has 0 unspecified atom stereocenters. The topological polar surface area (TPSA) is 159 Å². The molecule has 0 spiro atoms. The summed E-state index contributed by atoms with van der Waals surface area (Å²) in [5.74, 6) is -2.24. The fourth-order valence-electron chi connectivity index (χ4n) is 4.14. The van der Waals surface area contributed by atoms with E-state index >= 15 is 0 Å². The average Bonchev–Trinajstić information content (AvgIpc) is 3.60. The van der Waals surface area contributed by atoms with Crippen LogP contribution in [0.4, 0.5) is 11.6 Å². The lowest BCUT2D eigenvalue weighted by Gasteiger charge is -2.10. The van der Waals surface area contributed by atoms with E-state index in [1.807, 2.05) is 60.7 Å². The van der Waals surface area contributed by atoms with Gasteiger partial charge in [-0.15, -0.1) is 0 Å². The summed E-state index contributed by atoms with van der Waals surface area (Å²) >= 11 is 0. The van der Waals surface area contributed by atoms with Crippen molar-refractivity contribution < 1.29 is 28.7 Å². The molecular weight excluding hydrogens is 566 g/mol. The molecule has 3 heterocycles. The number of amides is 2. The minimum absolute atomic E-state index is 0.218. The maximum Gasteiger partial charge on any atom is 0.357 e. The Morgan fingerprint density at radius 3 is 1.43 bits per heavy atom. The number of carbonyl (C=O) groups excluding carboxylic acids is 4. The third kappa shape index (κ3) is 7.20. The second-order valence-electron chi connectivity index (χ2n) is 9.49. The first kappa shape index (κ1) is 29.4. The number of hydrogen-bond donors (Lipinski definition) is 2. The van der Waals surface area contributed by atoms with Crippen molar-refractivity contribution in [3.05, 3.63) is 114 Å². The number of hydrogen-bond acceptors (Lipinski definition) is 9. The van der Waals surface area contributed by atoms with E-state index in [0.717, 1.165) is 11.4 Å². The number of nitrogens with zero attached hydrogens (tertiary/aromatic N) is 5. The molecule has 222 valence electrons. The maximum absolute atomic E-state index is 12.6. The van der Waals surface area contributed by atoms with Crippen molar-refractivity contribution in [3.63, 3.8) is 0 Å². The number of carbonyl (C=O) groups is 4. The lowest BCUT2D eigenvalue weighted by Crippen LogP contribution is -2.24. The van der Waals surface area contributed by atoms with Crippen molar-refractivity contribution in [2.45, 2.75) is 13.8 Å². The summed E-state index contributed by atoms with van der Waals surface area (Å²) < 4.78 is 13.3. The first-order chi connectivity index (χ1) is 21.3. The van der Waals surface area contributed by atoms with Crippen LogP contribution in [0.1, 0.15) is 32.4 Å². The van der Waals surface area contributed by atoms with Gasteiger partial charge >= 0.3 is 11.9 Å². The molecule has 0 bridgehead atoms. The number of esters is 2. The van der Waals surface area contributed by atoms with Gasteiger partial charge in [0.15, 0.2) is 13.2 Å². The van der Waals surface area contributed by atoms with Gasteiger partial charge in [0, 0.05) is 12.1 Å². The van der Waals surface area contributed by atoms with Gasteiger partial charge in [-0.3, -0.25) is 9.59 Å². The fourth-order valence-corrected chi connectivity index (χ4v) is 4.14. The van der Waals surface area contributed by atoms with E-state index in [2.05, 4.69) is 25.8 Å². The van der Waals surface area contributed by atoms with Crippen LogP contribution in [0.5, 0.6) is 0 Å². The number of aryl methyl sites for hydroxylation is 2. The molecule has 0 saturated heterocycles. The average molecular weight is 594 g/mol. The van der Waals surface area contributed by atoms with Crippen LogP contribution in [-0.4, -0.2) is 61.5 Å². The van der Waals surface area contributed by atoms with Gasteiger partial charge in [-0.25, -0.2) is 23.9 Å². The minimum atomic E-state index is -0.926.